The first-order chi connectivity index (χ1) is 10.0. The Morgan fingerprint density at radius 1 is 1.33 bits per heavy atom. The Labute approximate surface area is 125 Å². The molecule has 0 aliphatic carbocycles. The van der Waals surface area contributed by atoms with Crippen molar-refractivity contribution in [2.45, 2.75) is 33.0 Å². The predicted molar refractivity (Wildman–Crippen MR) is 82.5 cm³/mol. The average Bonchev–Trinajstić information content (AvgIpc) is 2.79. The fourth-order valence-corrected chi connectivity index (χ4v) is 2.44. The lowest BCUT2D eigenvalue weighted by Crippen LogP contribution is -2.22. The highest BCUT2D eigenvalue weighted by Crippen LogP contribution is 2.24. The smallest absolute Gasteiger partial charge is 0.127 e. The topological polar surface area (TPSA) is 28.4 Å². The summed E-state index contributed by atoms with van der Waals surface area (Å²) in [5.41, 5.74) is 1.85. The van der Waals surface area contributed by atoms with E-state index >= 15 is 0 Å². The number of hydrogen-bond donors (Lipinski definition) is 1. The number of hydrogen-bond acceptors (Lipinski definition) is 3. The lowest BCUT2D eigenvalue weighted by Gasteiger charge is -2.24. The Hall–Kier alpha value is -1.65. The largest absolute Gasteiger partial charge is 0.463 e. The second kappa shape index (κ2) is 6.87. The van der Waals surface area contributed by atoms with Crippen molar-refractivity contribution in [2.24, 2.45) is 0 Å². The second-order valence-electron chi connectivity index (χ2n) is 5.46. The summed E-state index contributed by atoms with van der Waals surface area (Å²) < 4.78 is 19.7. The quantitative estimate of drug-likeness (QED) is 0.880. The molecular formula is C17H23FN2O. The first-order valence-electron chi connectivity index (χ1n) is 7.20. The van der Waals surface area contributed by atoms with Crippen molar-refractivity contribution in [1.29, 1.82) is 0 Å². The molecule has 1 heterocycles. The maximum absolute atomic E-state index is 13.8. The minimum atomic E-state index is -0.164. The fourth-order valence-electron chi connectivity index (χ4n) is 2.44. The molecule has 1 N–H and O–H groups in total. The number of halogens is 1. The number of nitrogens with one attached hydrogen (secondary N) is 1. The van der Waals surface area contributed by atoms with E-state index in [4.69, 9.17) is 4.42 Å². The van der Waals surface area contributed by atoms with E-state index in [1.165, 1.54) is 6.07 Å². The molecule has 21 heavy (non-hydrogen) atoms. The highest BCUT2D eigenvalue weighted by Gasteiger charge is 2.17. The maximum atomic E-state index is 13.8. The van der Waals surface area contributed by atoms with Crippen LogP contribution in [0.4, 0.5) is 4.39 Å². The molecule has 0 fully saturated rings. The van der Waals surface area contributed by atoms with Gasteiger partial charge in [0.15, 0.2) is 0 Å². The molecule has 0 saturated heterocycles. The molecule has 4 heteroatoms. The monoisotopic (exact) mass is 290 g/mol. The number of benzene rings is 1. The van der Waals surface area contributed by atoms with Gasteiger partial charge in [-0.25, -0.2) is 4.39 Å². The highest BCUT2D eigenvalue weighted by atomic mass is 19.1. The summed E-state index contributed by atoms with van der Waals surface area (Å²) in [6, 6.07) is 8.95. The summed E-state index contributed by atoms with van der Waals surface area (Å²) in [4.78, 5) is 2.08. The third-order valence-electron chi connectivity index (χ3n) is 3.83. The van der Waals surface area contributed by atoms with Gasteiger partial charge in [0.05, 0.1) is 13.1 Å². The van der Waals surface area contributed by atoms with Crippen molar-refractivity contribution in [3.8, 4) is 0 Å². The standard InChI is InChI=1S/C17H23FN2O/c1-12-9-14(21-17(12)10-19-3)11-20(4)13(2)15-7-5-6-8-16(15)18/h5-9,13,19H,10-11H2,1-4H3. The van der Waals surface area contributed by atoms with E-state index in [0.29, 0.717) is 12.1 Å². The third-order valence-corrected chi connectivity index (χ3v) is 3.83. The predicted octanol–water partition coefficient (Wildman–Crippen LogP) is 3.64. The Morgan fingerprint density at radius 3 is 2.71 bits per heavy atom. The first kappa shape index (κ1) is 15.7. The minimum Gasteiger partial charge on any atom is -0.463 e. The van der Waals surface area contributed by atoms with Crippen molar-refractivity contribution in [1.82, 2.24) is 10.2 Å². The summed E-state index contributed by atoms with van der Waals surface area (Å²) in [5, 5.41) is 3.09. The molecule has 2 aromatic rings. The summed E-state index contributed by atoms with van der Waals surface area (Å²) in [7, 11) is 3.88. The molecule has 0 aliphatic rings. The molecule has 0 aliphatic heterocycles. The summed E-state index contributed by atoms with van der Waals surface area (Å²) >= 11 is 0. The van der Waals surface area contributed by atoms with E-state index in [9.17, 15) is 4.39 Å². The molecule has 1 aromatic heterocycles. The molecule has 3 nitrogen and oxygen atoms in total. The molecule has 0 spiro atoms. The van der Waals surface area contributed by atoms with E-state index in [-0.39, 0.29) is 11.9 Å². The van der Waals surface area contributed by atoms with Gasteiger partial charge in [-0.2, -0.15) is 0 Å². The van der Waals surface area contributed by atoms with Crippen molar-refractivity contribution in [2.75, 3.05) is 14.1 Å². The zero-order chi connectivity index (χ0) is 15.4. The van der Waals surface area contributed by atoms with Crippen molar-refractivity contribution < 1.29 is 8.81 Å². The van der Waals surface area contributed by atoms with Gasteiger partial charge < -0.3 is 9.73 Å². The Kier molecular flexibility index (Phi) is 5.15. The van der Waals surface area contributed by atoms with Crippen LogP contribution in [0.15, 0.2) is 34.7 Å². The van der Waals surface area contributed by atoms with Crippen LogP contribution in [0.1, 0.15) is 35.6 Å². The Balaban J connectivity index is 2.09. The molecule has 2 rings (SSSR count). The van der Waals surface area contributed by atoms with Gasteiger partial charge in [0, 0.05) is 11.6 Å². The molecule has 1 unspecified atom stereocenters. The van der Waals surface area contributed by atoms with E-state index in [1.807, 2.05) is 40.1 Å². The van der Waals surface area contributed by atoms with E-state index < -0.39 is 0 Å². The highest BCUT2D eigenvalue weighted by molar-refractivity contribution is 5.22. The second-order valence-corrected chi connectivity index (χ2v) is 5.46. The SMILES string of the molecule is CNCc1oc(CN(C)C(C)c2ccccc2F)cc1C. The molecule has 1 atom stereocenters. The summed E-state index contributed by atoms with van der Waals surface area (Å²) in [6.07, 6.45) is 0. The van der Waals surface area contributed by atoms with Crippen LogP contribution in [0.25, 0.3) is 0 Å². The van der Waals surface area contributed by atoms with Crippen LogP contribution in [-0.2, 0) is 13.1 Å². The number of aryl methyl sites for hydroxylation is 1. The number of furan rings is 1. The zero-order valence-electron chi connectivity index (χ0n) is 13.1. The summed E-state index contributed by atoms with van der Waals surface area (Å²) in [6.45, 7) is 5.42. The van der Waals surface area contributed by atoms with Crippen LogP contribution in [-0.4, -0.2) is 19.0 Å². The summed E-state index contributed by atoms with van der Waals surface area (Å²) in [5.74, 6) is 1.70. The molecule has 1 aromatic carbocycles. The molecule has 0 saturated carbocycles. The van der Waals surface area contributed by atoms with Crippen LogP contribution in [0.5, 0.6) is 0 Å². The molecule has 0 bridgehead atoms. The number of rotatable bonds is 6. The Morgan fingerprint density at radius 2 is 2.05 bits per heavy atom. The normalized spacial score (nSPS) is 12.9. The van der Waals surface area contributed by atoms with Crippen LogP contribution in [0.2, 0.25) is 0 Å². The van der Waals surface area contributed by atoms with Gasteiger partial charge in [0.1, 0.15) is 17.3 Å². The van der Waals surface area contributed by atoms with Crippen molar-refractivity contribution in [3.05, 3.63) is 58.8 Å². The lowest BCUT2D eigenvalue weighted by atomic mass is 10.1. The third kappa shape index (κ3) is 3.71. The first-order valence-corrected chi connectivity index (χ1v) is 7.20. The van der Waals surface area contributed by atoms with Gasteiger partial charge in [-0.1, -0.05) is 18.2 Å². The molecule has 0 amide bonds. The minimum absolute atomic E-state index is 0.00986. The van der Waals surface area contributed by atoms with Crippen LogP contribution < -0.4 is 5.32 Å². The van der Waals surface area contributed by atoms with Crippen LogP contribution in [0, 0.1) is 12.7 Å². The van der Waals surface area contributed by atoms with Gasteiger partial charge >= 0.3 is 0 Å². The maximum Gasteiger partial charge on any atom is 0.127 e. The zero-order valence-corrected chi connectivity index (χ0v) is 13.1. The van der Waals surface area contributed by atoms with Crippen molar-refractivity contribution >= 4 is 0 Å². The van der Waals surface area contributed by atoms with Gasteiger partial charge in [0.2, 0.25) is 0 Å². The van der Waals surface area contributed by atoms with Gasteiger partial charge in [-0.05, 0) is 45.6 Å². The number of nitrogens with zero attached hydrogens (tertiary/aromatic N) is 1. The van der Waals surface area contributed by atoms with Crippen LogP contribution in [0.3, 0.4) is 0 Å². The van der Waals surface area contributed by atoms with E-state index in [0.717, 1.165) is 23.6 Å². The van der Waals surface area contributed by atoms with Crippen LogP contribution >= 0.6 is 0 Å². The average molecular weight is 290 g/mol. The Bertz CT molecular complexity index is 594. The molecular weight excluding hydrogens is 267 g/mol. The van der Waals surface area contributed by atoms with Gasteiger partial charge in [-0.3, -0.25) is 4.90 Å². The lowest BCUT2D eigenvalue weighted by molar-refractivity contribution is 0.226. The van der Waals surface area contributed by atoms with Gasteiger partial charge in [0.25, 0.3) is 0 Å². The van der Waals surface area contributed by atoms with Gasteiger partial charge in [-0.15, -0.1) is 0 Å². The van der Waals surface area contributed by atoms with Crippen molar-refractivity contribution in [3.63, 3.8) is 0 Å². The molecule has 114 valence electrons. The van der Waals surface area contributed by atoms with E-state index in [2.05, 4.69) is 16.3 Å². The fraction of sp³-hybridized carbons (Fsp3) is 0.412. The molecule has 0 radical (unpaired) electrons. The van der Waals surface area contributed by atoms with E-state index in [1.54, 1.807) is 6.07 Å².